The Balaban J connectivity index is 1.67. The van der Waals surface area contributed by atoms with Crippen molar-refractivity contribution in [3.05, 3.63) is 52.3 Å². The van der Waals surface area contributed by atoms with Crippen LogP contribution in [0.5, 0.6) is 0 Å². The second-order valence-corrected chi connectivity index (χ2v) is 10.2. The standard InChI is InChI=1S/C21H25ClF2N4O3S/c1-14(2)13-28-21(22)16(15(3)25-28)7-8-19(29)26-9-11-27(12-10-26)32(30,31)20-17(23)5-4-6-18(20)24/h4-8,14H,9-13H2,1-3H3/b8-7+. The summed E-state index contributed by atoms with van der Waals surface area (Å²) in [6, 6.07) is 2.90. The summed E-state index contributed by atoms with van der Waals surface area (Å²) in [7, 11) is -4.35. The molecular formula is C21H25ClF2N4O3S. The summed E-state index contributed by atoms with van der Waals surface area (Å²) in [5, 5.41) is 4.84. The molecule has 0 unspecified atom stereocenters. The lowest BCUT2D eigenvalue weighted by atomic mass is 10.2. The van der Waals surface area contributed by atoms with E-state index in [1.165, 1.54) is 11.0 Å². The zero-order valence-corrected chi connectivity index (χ0v) is 19.6. The molecule has 174 valence electrons. The Hall–Kier alpha value is -2.30. The fourth-order valence-electron chi connectivity index (χ4n) is 3.49. The van der Waals surface area contributed by atoms with Crippen LogP contribution in [0.15, 0.2) is 29.2 Å². The van der Waals surface area contributed by atoms with Crippen LogP contribution in [0.4, 0.5) is 8.78 Å². The van der Waals surface area contributed by atoms with Crippen LogP contribution in [-0.2, 0) is 21.4 Å². The first-order valence-corrected chi connectivity index (χ1v) is 12.0. The molecule has 3 rings (SSSR count). The molecule has 0 bridgehead atoms. The van der Waals surface area contributed by atoms with Gasteiger partial charge in [-0.15, -0.1) is 0 Å². The van der Waals surface area contributed by atoms with E-state index in [9.17, 15) is 22.0 Å². The zero-order valence-electron chi connectivity index (χ0n) is 18.1. The highest BCUT2D eigenvalue weighted by molar-refractivity contribution is 7.89. The number of carbonyl (C=O) groups is 1. The molecule has 1 aliphatic rings. The largest absolute Gasteiger partial charge is 0.337 e. The first-order valence-electron chi connectivity index (χ1n) is 10.2. The number of hydrogen-bond acceptors (Lipinski definition) is 4. The third-order valence-corrected chi connectivity index (χ3v) is 7.46. The number of aromatic nitrogens is 2. The van der Waals surface area contributed by atoms with Gasteiger partial charge in [-0.25, -0.2) is 17.2 Å². The smallest absolute Gasteiger partial charge is 0.249 e. The van der Waals surface area contributed by atoms with Crippen molar-refractivity contribution in [3.63, 3.8) is 0 Å². The molecule has 0 atom stereocenters. The average Bonchev–Trinajstić information content (AvgIpc) is 2.98. The van der Waals surface area contributed by atoms with Gasteiger partial charge in [-0.1, -0.05) is 31.5 Å². The molecule has 0 aliphatic carbocycles. The monoisotopic (exact) mass is 486 g/mol. The molecule has 1 amide bonds. The number of nitrogens with zero attached hydrogens (tertiary/aromatic N) is 4. The Morgan fingerprint density at radius 2 is 1.78 bits per heavy atom. The highest BCUT2D eigenvalue weighted by Crippen LogP contribution is 2.24. The summed E-state index contributed by atoms with van der Waals surface area (Å²) >= 11 is 6.39. The topological polar surface area (TPSA) is 75.5 Å². The van der Waals surface area contributed by atoms with E-state index in [0.29, 0.717) is 28.9 Å². The van der Waals surface area contributed by atoms with Crippen molar-refractivity contribution in [2.75, 3.05) is 26.2 Å². The number of rotatable bonds is 6. The zero-order chi connectivity index (χ0) is 23.6. The van der Waals surface area contributed by atoms with Gasteiger partial charge < -0.3 is 4.90 Å². The summed E-state index contributed by atoms with van der Waals surface area (Å²) in [5.41, 5.74) is 1.35. The van der Waals surface area contributed by atoms with Crippen LogP contribution in [0.25, 0.3) is 6.08 Å². The molecule has 0 radical (unpaired) electrons. The minimum Gasteiger partial charge on any atom is -0.337 e. The number of benzene rings is 1. The van der Waals surface area contributed by atoms with Crippen LogP contribution < -0.4 is 0 Å². The molecule has 32 heavy (non-hydrogen) atoms. The van der Waals surface area contributed by atoms with E-state index in [2.05, 4.69) is 5.10 Å². The van der Waals surface area contributed by atoms with Crippen LogP contribution in [0.2, 0.25) is 5.15 Å². The number of piperazine rings is 1. The van der Waals surface area contributed by atoms with Gasteiger partial charge in [0.1, 0.15) is 16.8 Å². The SMILES string of the molecule is Cc1nn(CC(C)C)c(Cl)c1/C=C/C(=O)N1CCN(S(=O)(=O)c2c(F)cccc2F)CC1. The summed E-state index contributed by atoms with van der Waals surface area (Å²) in [5.74, 6) is -2.24. The van der Waals surface area contributed by atoms with Crippen molar-refractivity contribution in [3.8, 4) is 0 Å². The molecule has 0 N–H and O–H groups in total. The fourth-order valence-corrected chi connectivity index (χ4v) is 5.33. The van der Waals surface area contributed by atoms with Gasteiger partial charge in [0.05, 0.1) is 5.69 Å². The molecule has 1 fully saturated rings. The van der Waals surface area contributed by atoms with E-state index in [0.717, 1.165) is 22.5 Å². The number of sulfonamides is 1. The van der Waals surface area contributed by atoms with Gasteiger partial charge in [0.2, 0.25) is 15.9 Å². The maximum absolute atomic E-state index is 14.0. The van der Waals surface area contributed by atoms with Gasteiger partial charge in [0.15, 0.2) is 4.90 Å². The van der Waals surface area contributed by atoms with Crippen molar-refractivity contribution in [1.29, 1.82) is 0 Å². The van der Waals surface area contributed by atoms with E-state index in [1.807, 2.05) is 13.8 Å². The Kier molecular flexibility index (Phi) is 7.36. The Morgan fingerprint density at radius 1 is 1.19 bits per heavy atom. The van der Waals surface area contributed by atoms with Crippen LogP contribution in [-0.4, -0.2) is 59.5 Å². The number of aryl methyl sites for hydroxylation is 1. The van der Waals surface area contributed by atoms with Gasteiger partial charge >= 0.3 is 0 Å². The van der Waals surface area contributed by atoms with Crippen LogP contribution in [0, 0.1) is 24.5 Å². The van der Waals surface area contributed by atoms with Crippen molar-refractivity contribution in [2.24, 2.45) is 5.92 Å². The van der Waals surface area contributed by atoms with Gasteiger partial charge in [-0.3, -0.25) is 9.48 Å². The molecule has 1 aliphatic heterocycles. The van der Waals surface area contributed by atoms with Gasteiger partial charge in [-0.05, 0) is 31.1 Å². The second kappa shape index (κ2) is 9.68. The Bertz CT molecular complexity index is 1120. The third-order valence-electron chi connectivity index (χ3n) is 5.11. The first kappa shape index (κ1) is 24.3. The predicted molar refractivity (Wildman–Crippen MR) is 118 cm³/mol. The molecule has 2 aromatic rings. The molecule has 11 heteroatoms. The molecule has 1 saturated heterocycles. The molecule has 0 spiro atoms. The lowest BCUT2D eigenvalue weighted by molar-refractivity contribution is -0.127. The minimum atomic E-state index is -4.35. The van der Waals surface area contributed by atoms with Gasteiger partial charge in [0, 0.05) is 44.4 Å². The maximum atomic E-state index is 14.0. The third kappa shape index (κ3) is 5.02. The molecular weight excluding hydrogens is 462 g/mol. The number of carbonyl (C=O) groups excluding carboxylic acids is 1. The van der Waals surface area contributed by atoms with Crippen LogP contribution >= 0.6 is 11.6 Å². The maximum Gasteiger partial charge on any atom is 0.249 e. The van der Waals surface area contributed by atoms with Crippen molar-refractivity contribution in [2.45, 2.75) is 32.2 Å². The Morgan fingerprint density at radius 3 is 2.34 bits per heavy atom. The van der Waals surface area contributed by atoms with Crippen LogP contribution in [0.1, 0.15) is 25.1 Å². The van der Waals surface area contributed by atoms with E-state index >= 15 is 0 Å². The van der Waals surface area contributed by atoms with Crippen LogP contribution in [0.3, 0.4) is 0 Å². The highest BCUT2D eigenvalue weighted by Gasteiger charge is 2.33. The van der Waals surface area contributed by atoms with Gasteiger partial charge in [0.25, 0.3) is 0 Å². The average molecular weight is 487 g/mol. The minimum absolute atomic E-state index is 0.0677. The molecule has 1 aromatic carbocycles. The summed E-state index contributed by atoms with van der Waals surface area (Å²) < 4.78 is 56.0. The van der Waals surface area contributed by atoms with E-state index in [4.69, 9.17) is 11.6 Å². The lowest BCUT2D eigenvalue weighted by Gasteiger charge is -2.33. The lowest BCUT2D eigenvalue weighted by Crippen LogP contribution is -2.50. The quantitative estimate of drug-likeness (QED) is 0.587. The summed E-state index contributed by atoms with van der Waals surface area (Å²) in [4.78, 5) is 13.1. The van der Waals surface area contributed by atoms with Crippen molar-refractivity contribution >= 4 is 33.6 Å². The number of hydrogen-bond donors (Lipinski definition) is 0. The number of halogens is 3. The fraction of sp³-hybridized carbons (Fsp3) is 0.429. The van der Waals surface area contributed by atoms with E-state index in [1.54, 1.807) is 17.7 Å². The predicted octanol–water partition coefficient (Wildman–Crippen LogP) is 3.33. The summed E-state index contributed by atoms with van der Waals surface area (Å²) in [6.45, 7) is 6.61. The first-order chi connectivity index (χ1) is 15.0. The summed E-state index contributed by atoms with van der Waals surface area (Å²) in [6.07, 6.45) is 2.97. The van der Waals surface area contributed by atoms with Crippen molar-refractivity contribution in [1.82, 2.24) is 19.0 Å². The molecule has 1 aromatic heterocycles. The number of amides is 1. The molecule has 2 heterocycles. The normalized spacial score (nSPS) is 15.8. The van der Waals surface area contributed by atoms with E-state index in [-0.39, 0.29) is 32.1 Å². The van der Waals surface area contributed by atoms with Gasteiger partial charge in [-0.2, -0.15) is 9.40 Å². The molecule has 7 nitrogen and oxygen atoms in total. The Labute approximate surface area is 191 Å². The second-order valence-electron chi connectivity index (χ2n) is 7.98. The molecule has 0 saturated carbocycles. The van der Waals surface area contributed by atoms with E-state index < -0.39 is 26.6 Å². The van der Waals surface area contributed by atoms with Crippen molar-refractivity contribution < 1.29 is 22.0 Å². The highest BCUT2D eigenvalue weighted by atomic mass is 35.5.